The van der Waals surface area contributed by atoms with Crippen LogP contribution in [0.4, 0.5) is 5.13 Å². The summed E-state index contributed by atoms with van der Waals surface area (Å²) in [6, 6.07) is -0.201. The van der Waals surface area contributed by atoms with Crippen LogP contribution >= 0.6 is 11.3 Å². The first-order valence-electron chi connectivity index (χ1n) is 5.47. The highest BCUT2D eigenvalue weighted by Gasteiger charge is 2.42. The standard InChI is InChI=1S/C10H12N4O2S/c15-8-4-12-9(16)7-3-6(5-14(7)8)13-10-11-1-2-17-10/h1-2,6-7H,3-5H2,(H,11,13)(H,12,16)/t6-,7-/m0/s1. The van der Waals surface area contributed by atoms with Crippen LogP contribution in [0.2, 0.25) is 0 Å². The Balaban J connectivity index is 1.71. The first-order chi connectivity index (χ1) is 8.24. The van der Waals surface area contributed by atoms with E-state index in [0.717, 1.165) is 5.13 Å². The molecule has 1 aromatic rings. The van der Waals surface area contributed by atoms with Crippen molar-refractivity contribution in [2.75, 3.05) is 18.4 Å². The van der Waals surface area contributed by atoms with Gasteiger partial charge in [-0.2, -0.15) is 0 Å². The third-order valence-electron chi connectivity index (χ3n) is 3.10. The number of anilines is 1. The first-order valence-corrected chi connectivity index (χ1v) is 6.35. The van der Waals surface area contributed by atoms with E-state index in [1.807, 2.05) is 5.38 Å². The summed E-state index contributed by atoms with van der Waals surface area (Å²) in [7, 11) is 0. The fraction of sp³-hybridized carbons (Fsp3) is 0.500. The molecule has 0 saturated carbocycles. The maximum atomic E-state index is 11.6. The number of rotatable bonds is 2. The average Bonchev–Trinajstić information content (AvgIpc) is 2.94. The van der Waals surface area contributed by atoms with Gasteiger partial charge in [0.2, 0.25) is 11.8 Å². The molecular weight excluding hydrogens is 240 g/mol. The molecule has 17 heavy (non-hydrogen) atoms. The van der Waals surface area contributed by atoms with Gasteiger partial charge >= 0.3 is 0 Å². The quantitative estimate of drug-likeness (QED) is 0.755. The number of amides is 2. The maximum absolute atomic E-state index is 11.6. The molecule has 0 aromatic carbocycles. The summed E-state index contributed by atoms with van der Waals surface area (Å²) in [5.41, 5.74) is 0. The second-order valence-electron chi connectivity index (χ2n) is 4.19. The summed E-state index contributed by atoms with van der Waals surface area (Å²) in [6.45, 7) is 0.704. The lowest BCUT2D eigenvalue weighted by Gasteiger charge is -2.28. The minimum Gasteiger partial charge on any atom is -0.357 e. The lowest BCUT2D eigenvalue weighted by Crippen LogP contribution is -2.55. The van der Waals surface area contributed by atoms with Crippen LogP contribution in [0.1, 0.15) is 6.42 Å². The van der Waals surface area contributed by atoms with Crippen molar-refractivity contribution in [1.29, 1.82) is 0 Å². The third kappa shape index (κ3) is 1.86. The molecule has 2 saturated heterocycles. The van der Waals surface area contributed by atoms with Gasteiger partial charge in [-0.1, -0.05) is 0 Å². The predicted octanol–water partition coefficient (Wildman–Crippen LogP) is -0.346. The number of nitrogens with zero attached hydrogens (tertiary/aromatic N) is 2. The van der Waals surface area contributed by atoms with Crippen molar-refractivity contribution in [3.63, 3.8) is 0 Å². The molecule has 0 unspecified atom stereocenters. The molecule has 2 N–H and O–H groups in total. The van der Waals surface area contributed by atoms with Crippen LogP contribution in [0.3, 0.4) is 0 Å². The third-order valence-corrected chi connectivity index (χ3v) is 3.80. The highest BCUT2D eigenvalue weighted by atomic mass is 32.1. The zero-order chi connectivity index (χ0) is 11.8. The van der Waals surface area contributed by atoms with E-state index in [-0.39, 0.29) is 30.4 Å². The van der Waals surface area contributed by atoms with Gasteiger partial charge in [0.05, 0.1) is 6.54 Å². The van der Waals surface area contributed by atoms with E-state index in [4.69, 9.17) is 0 Å². The molecule has 2 aliphatic heterocycles. The van der Waals surface area contributed by atoms with Gasteiger partial charge in [0.15, 0.2) is 5.13 Å². The average molecular weight is 252 g/mol. The van der Waals surface area contributed by atoms with E-state index in [1.54, 1.807) is 11.1 Å². The van der Waals surface area contributed by atoms with Gasteiger partial charge in [0.1, 0.15) is 6.04 Å². The van der Waals surface area contributed by atoms with Crippen LogP contribution < -0.4 is 10.6 Å². The SMILES string of the molecule is O=C1NCC(=O)N2C[C@@H](Nc3nccs3)C[C@@H]12. The largest absolute Gasteiger partial charge is 0.357 e. The number of aromatic nitrogens is 1. The molecule has 0 bridgehead atoms. The fourth-order valence-electron chi connectivity index (χ4n) is 2.32. The fourth-order valence-corrected chi connectivity index (χ4v) is 2.92. The van der Waals surface area contributed by atoms with Crippen LogP contribution in [0, 0.1) is 0 Å². The summed E-state index contributed by atoms with van der Waals surface area (Å²) >= 11 is 1.52. The maximum Gasteiger partial charge on any atom is 0.243 e. The molecule has 6 nitrogen and oxygen atoms in total. The number of piperazine rings is 1. The van der Waals surface area contributed by atoms with E-state index in [9.17, 15) is 9.59 Å². The zero-order valence-electron chi connectivity index (χ0n) is 9.05. The van der Waals surface area contributed by atoms with Crippen LogP contribution in [0.15, 0.2) is 11.6 Å². The van der Waals surface area contributed by atoms with Crippen LogP contribution in [0.5, 0.6) is 0 Å². The van der Waals surface area contributed by atoms with Crippen molar-refractivity contribution in [1.82, 2.24) is 15.2 Å². The van der Waals surface area contributed by atoms with Crippen molar-refractivity contribution in [3.05, 3.63) is 11.6 Å². The molecule has 2 aliphatic rings. The van der Waals surface area contributed by atoms with E-state index in [0.29, 0.717) is 13.0 Å². The lowest BCUT2D eigenvalue weighted by atomic mass is 10.1. The molecular formula is C10H12N4O2S. The van der Waals surface area contributed by atoms with Gasteiger partial charge in [0, 0.05) is 24.2 Å². The number of carbonyl (C=O) groups excluding carboxylic acids is 2. The lowest BCUT2D eigenvalue weighted by molar-refractivity contribution is -0.143. The molecule has 90 valence electrons. The summed E-state index contributed by atoms with van der Waals surface area (Å²) in [4.78, 5) is 29.1. The second-order valence-corrected chi connectivity index (χ2v) is 5.09. The molecule has 2 atom stereocenters. The minimum absolute atomic E-state index is 0.00182. The number of carbonyl (C=O) groups is 2. The van der Waals surface area contributed by atoms with Crippen molar-refractivity contribution in [3.8, 4) is 0 Å². The van der Waals surface area contributed by atoms with Crippen molar-refractivity contribution < 1.29 is 9.59 Å². The van der Waals surface area contributed by atoms with Gasteiger partial charge in [0.25, 0.3) is 0 Å². The summed E-state index contributed by atoms with van der Waals surface area (Å²) in [5, 5.41) is 8.59. The predicted molar refractivity (Wildman–Crippen MR) is 62.7 cm³/mol. The molecule has 3 rings (SSSR count). The molecule has 3 heterocycles. The number of hydrogen-bond donors (Lipinski definition) is 2. The molecule has 0 radical (unpaired) electrons. The Labute approximate surface area is 102 Å². The van der Waals surface area contributed by atoms with Gasteiger partial charge in [-0.05, 0) is 6.42 Å². The topological polar surface area (TPSA) is 74.3 Å². The Kier molecular flexibility index (Phi) is 2.47. The normalized spacial score (nSPS) is 27.9. The minimum atomic E-state index is -0.311. The Morgan fingerprint density at radius 3 is 3.12 bits per heavy atom. The highest BCUT2D eigenvalue weighted by molar-refractivity contribution is 7.13. The van der Waals surface area contributed by atoms with Crippen molar-refractivity contribution >= 4 is 28.3 Å². The van der Waals surface area contributed by atoms with Crippen molar-refractivity contribution in [2.45, 2.75) is 18.5 Å². The number of hydrogen-bond acceptors (Lipinski definition) is 5. The number of nitrogens with one attached hydrogen (secondary N) is 2. The highest BCUT2D eigenvalue weighted by Crippen LogP contribution is 2.24. The Morgan fingerprint density at radius 1 is 1.53 bits per heavy atom. The molecule has 2 amide bonds. The van der Waals surface area contributed by atoms with E-state index in [2.05, 4.69) is 15.6 Å². The van der Waals surface area contributed by atoms with Crippen LogP contribution in [-0.2, 0) is 9.59 Å². The van der Waals surface area contributed by atoms with E-state index in [1.165, 1.54) is 11.3 Å². The molecule has 0 aliphatic carbocycles. The zero-order valence-corrected chi connectivity index (χ0v) is 9.87. The van der Waals surface area contributed by atoms with Gasteiger partial charge in [-0.15, -0.1) is 11.3 Å². The Bertz CT molecular complexity index is 423. The first kappa shape index (κ1) is 10.5. The molecule has 0 spiro atoms. The molecule has 7 heteroatoms. The second kappa shape index (κ2) is 3.99. The summed E-state index contributed by atoms with van der Waals surface area (Å²) in [6.07, 6.45) is 2.38. The van der Waals surface area contributed by atoms with Gasteiger partial charge < -0.3 is 15.5 Å². The summed E-state index contributed by atoms with van der Waals surface area (Å²) in [5.74, 6) is -0.0499. The van der Waals surface area contributed by atoms with E-state index < -0.39 is 0 Å². The Hall–Kier alpha value is -1.63. The van der Waals surface area contributed by atoms with Gasteiger partial charge in [-0.25, -0.2) is 4.98 Å². The Morgan fingerprint density at radius 2 is 2.41 bits per heavy atom. The molecule has 2 fully saturated rings. The number of fused-ring (bicyclic) bond motifs is 1. The van der Waals surface area contributed by atoms with Crippen molar-refractivity contribution in [2.24, 2.45) is 0 Å². The smallest absolute Gasteiger partial charge is 0.243 e. The molecule has 1 aromatic heterocycles. The van der Waals surface area contributed by atoms with Gasteiger partial charge in [-0.3, -0.25) is 9.59 Å². The van der Waals surface area contributed by atoms with Crippen LogP contribution in [0.25, 0.3) is 0 Å². The number of thiazole rings is 1. The summed E-state index contributed by atoms with van der Waals surface area (Å²) < 4.78 is 0. The van der Waals surface area contributed by atoms with E-state index >= 15 is 0 Å². The monoisotopic (exact) mass is 252 g/mol. The van der Waals surface area contributed by atoms with Crippen LogP contribution in [-0.4, -0.2) is 46.9 Å².